The molecule has 6 nitrogen and oxygen atoms in total. The molecule has 0 spiro atoms. The maximum absolute atomic E-state index is 13.6. The quantitative estimate of drug-likeness (QED) is 0.767. The van der Waals surface area contributed by atoms with E-state index in [2.05, 4.69) is 15.6 Å². The van der Waals surface area contributed by atoms with Crippen LogP contribution in [0.2, 0.25) is 0 Å². The third kappa shape index (κ3) is 4.43. The average Bonchev–Trinajstić information content (AvgIpc) is 3.02. The second-order valence-corrected chi connectivity index (χ2v) is 6.47. The van der Waals surface area contributed by atoms with Gasteiger partial charge in [0, 0.05) is 18.7 Å². The van der Waals surface area contributed by atoms with Gasteiger partial charge in [-0.3, -0.25) is 14.6 Å². The first-order chi connectivity index (χ1) is 12.5. The van der Waals surface area contributed by atoms with Crippen molar-refractivity contribution in [2.24, 2.45) is 11.7 Å². The fourth-order valence-corrected chi connectivity index (χ4v) is 3.17. The van der Waals surface area contributed by atoms with Gasteiger partial charge in [-0.2, -0.15) is 0 Å². The molecule has 0 radical (unpaired) electrons. The van der Waals surface area contributed by atoms with Crippen LogP contribution in [0.1, 0.15) is 36.2 Å². The van der Waals surface area contributed by atoms with Crippen LogP contribution in [0.4, 0.5) is 15.8 Å². The lowest BCUT2D eigenvalue weighted by molar-refractivity contribution is -0.117. The molecule has 26 heavy (non-hydrogen) atoms. The second-order valence-electron chi connectivity index (χ2n) is 6.47. The fourth-order valence-electron chi connectivity index (χ4n) is 3.17. The first-order valence-corrected chi connectivity index (χ1v) is 8.60. The maximum Gasteiger partial charge on any atom is 0.274 e. The number of hydrogen-bond donors (Lipinski definition) is 3. The molecular weight excluding hydrogens is 335 g/mol. The molecule has 0 aliphatic heterocycles. The predicted molar refractivity (Wildman–Crippen MR) is 97.2 cm³/mol. The summed E-state index contributed by atoms with van der Waals surface area (Å²) < 4.78 is 13.6. The second kappa shape index (κ2) is 8.05. The molecule has 3 rings (SSSR count). The van der Waals surface area contributed by atoms with Crippen LogP contribution >= 0.6 is 0 Å². The first-order valence-electron chi connectivity index (χ1n) is 8.60. The summed E-state index contributed by atoms with van der Waals surface area (Å²) in [6.45, 7) is 0. The van der Waals surface area contributed by atoms with Gasteiger partial charge in [-0.25, -0.2) is 4.39 Å². The molecule has 1 aliphatic carbocycles. The summed E-state index contributed by atoms with van der Waals surface area (Å²) in [5, 5.41) is 5.34. The minimum atomic E-state index is -0.506. The van der Waals surface area contributed by atoms with Crippen molar-refractivity contribution >= 4 is 23.2 Å². The van der Waals surface area contributed by atoms with Crippen molar-refractivity contribution in [2.45, 2.75) is 31.7 Å². The van der Waals surface area contributed by atoms with E-state index in [1.807, 2.05) is 0 Å². The minimum absolute atomic E-state index is 0.0246. The fraction of sp³-hybridized carbons (Fsp3) is 0.316. The standard InChI is InChI=1S/C19H21FN4O2/c20-13-7-8-15(24-19(26)16-6-1-2-9-22-16)17(11-13)23-18(25)10-12-4-3-5-14(12)21/h1-2,6-9,11-12,14H,3-5,10,21H2,(H,23,25)(H,24,26)/t12-,14+/m0/s1. The Morgan fingerprint density at radius 1 is 1.15 bits per heavy atom. The topological polar surface area (TPSA) is 97.1 Å². The zero-order valence-electron chi connectivity index (χ0n) is 14.2. The number of pyridine rings is 1. The van der Waals surface area contributed by atoms with Crippen LogP contribution < -0.4 is 16.4 Å². The number of hydrogen-bond acceptors (Lipinski definition) is 4. The zero-order chi connectivity index (χ0) is 18.5. The van der Waals surface area contributed by atoms with Crippen LogP contribution in [-0.2, 0) is 4.79 Å². The van der Waals surface area contributed by atoms with Gasteiger partial charge in [-0.05, 0) is 49.1 Å². The van der Waals surface area contributed by atoms with E-state index >= 15 is 0 Å². The predicted octanol–water partition coefficient (Wildman–Crippen LogP) is 2.93. The number of anilines is 2. The Morgan fingerprint density at radius 3 is 2.69 bits per heavy atom. The van der Waals surface area contributed by atoms with E-state index in [1.165, 1.54) is 24.4 Å². The highest BCUT2D eigenvalue weighted by atomic mass is 19.1. The number of nitrogens with two attached hydrogens (primary N) is 1. The number of carbonyl (C=O) groups is 2. The third-order valence-electron chi connectivity index (χ3n) is 4.57. The highest BCUT2D eigenvalue weighted by Gasteiger charge is 2.26. The highest BCUT2D eigenvalue weighted by molar-refractivity contribution is 6.06. The molecule has 1 aliphatic rings. The Bertz CT molecular complexity index is 797. The molecule has 1 fully saturated rings. The molecule has 2 atom stereocenters. The van der Waals surface area contributed by atoms with E-state index in [9.17, 15) is 14.0 Å². The smallest absolute Gasteiger partial charge is 0.274 e. The number of aromatic nitrogens is 1. The molecule has 2 amide bonds. The van der Waals surface area contributed by atoms with Gasteiger partial charge >= 0.3 is 0 Å². The summed E-state index contributed by atoms with van der Waals surface area (Å²) in [6.07, 6.45) is 4.65. The van der Waals surface area contributed by atoms with Crippen LogP contribution in [0.3, 0.4) is 0 Å². The monoisotopic (exact) mass is 356 g/mol. The molecule has 2 aromatic rings. The number of carbonyl (C=O) groups excluding carboxylic acids is 2. The average molecular weight is 356 g/mol. The van der Waals surface area contributed by atoms with E-state index < -0.39 is 11.7 Å². The summed E-state index contributed by atoms with van der Waals surface area (Å²) in [6, 6.07) is 8.80. The normalized spacial score (nSPS) is 19.2. The number of nitrogens with one attached hydrogen (secondary N) is 2. The Balaban J connectivity index is 1.71. The molecule has 1 heterocycles. The molecule has 0 bridgehead atoms. The van der Waals surface area contributed by atoms with Crippen LogP contribution in [-0.4, -0.2) is 22.8 Å². The molecule has 1 saturated carbocycles. The van der Waals surface area contributed by atoms with Gasteiger partial charge in [0.2, 0.25) is 5.91 Å². The van der Waals surface area contributed by atoms with Crippen LogP contribution in [0.15, 0.2) is 42.6 Å². The van der Waals surface area contributed by atoms with Crippen LogP contribution in [0, 0.1) is 11.7 Å². The summed E-state index contributed by atoms with van der Waals surface area (Å²) in [5.74, 6) is -1.05. The van der Waals surface area contributed by atoms with Crippen molar-refractivity contribution in [3.05, 3.63) is 54.1 Å². The number of amides is 2. The molecule has 136 valence electrons. The molecule has 4 N–H and O–H groups in total. The minimum Gasteiger partial charge on any atom is -0.327 e. The largest absolute Gasteiger partial charge is 0.327 e. The zero-order valence-corrected chi connectivity index (χ0v) is 14.2. The molecular formula is C19H21FN4O2. The van der Waals surface area contributed by atoms with Crippen molar-refractivity contribution < 1.29 is 14.0 Å². The van der Waals surface area contributed by atoms with Crippen LogP contribution in [0.25, 0.3) is 0 Å². The summed E-state index contributed by atoms with van der Waals surface area (Å²) in [5.41, 5.74) is 6.75. The van der Waals surface area contributed by atoms with Gasteiger partial charge in [0.15, 0.2) is 0 Å². The molecule has 7 heteroatoms. The number of benzene rings is 1. The lowest BCUT2D eigenvalue weighted by Crippen LogP contribution is -2.28. The Labute approximate surface area is 151 Å². The summed E-state index contributed by atoms with van der Waals surface area (Å²) in [7, 11) is 0. The molecule has 0 unspecified atom stereocenters. The van der Waals surface area contributed by atoms with Crippen molar-refractivity contribution in [1.82, 2.24) is 4.98 Å². The van der Waals surface area contributed by atoms with Crippen molar-refractivity contribution in [3.8, 4) is 0 Å². The third-order valence-corrected chi connectivity index (χ3v) is 4.57. The first kappa shape index (κ1) is 18.0. The maximum atomic E-state index is 13.6. The highest BCUT2D eigenvalue weighted by Crippen LogP contribution is 2.28. The lowest BCUT2D eigenvalue weighted by atomic mass is 10.00. The SMILES string of the molecule is N[C@@H]1CCC[C@H]1CC(=O)Nc1cc(F)ccc1NC(=O)c1ccccn1. The number of halogens is 1. The van der Waals surface area contributed by atoms with Gasteiger partial charge in [-0.15, -0.1) is 0 Å². The number of rotatable bonds is 5. The van der Waals surface area contributed by atoms with Crippen molar-refractivity contribution in [1.29, 1.82) is 0 Å². The van der Waals surface area contributed by atoms with Crippen LogP contribution in [0.5, 0.6) is 0 Å². The van der Waals surface area contributed by atoms with E-state index in [0.29, 0.717) is 5.69 Å². The van der Waals surface area contributed by atoms with Gasteiger partial charge in [0.1, 0.15) is 11.5 Å². The van der Waals surface area contributed by atoms with Gasteiger partial charge < -0.3 is 16.4 Å². The van der Waals surface area contributed by atoms with E-state index in [1.54, 1.807) is 18.2 Å². The van der Waals surface area contributed by atoms with E-state index in [-0.39, 0.29) is 35.7 Å². The molecule has 1 aromatic heterocycles. The molecule has 0 saturated heterocycles. The summed E-state index contributed by atoms with van der Waals surface area (Å²) in [4.78, 5) is 28.6. The Kier molecular flexibility index (Phi) is 5.58. The van der Waals surface area contributed by atoms with Gasteiger partial charge in [-0.1, -0.05) is 12.5 Å². The van der Waals surface area contributed by atoms with Crippen molar-refractivity contribution in [2.75, 3.05) is 10.6 Å². The number of nitrogens with zero attached hydrogens (tertiary/aromatic N) is 1. The lowest BCUT2D eigenvalue weighted by Gasteiger charge is -2.16. The Hall–Kier alpha value is -2.80. The van der Waals surface area contributed by atoms with Gasteiger partial charge in [0.25, 0.3) is 5.91 Å². The summed E-state index contributed by atoms with van der Waals surface area (Å²) >= 11 is 0. The molecule has 1 aromatic carbocycles. The Morgan fingerprint density at radius 2 is 2.00 bits per heavy atom. The van der Waals surface area contributed by atoms with Crippen molar-refractivity contribution in [3.63, 3.8) is 0 Å². The van der Waals surface area contributed by atoms with E-state index in [4.69, 9.17) is 5.73 Å². The van der Waals surface area contributed by atoms with E-state index in [0.717, 1.165) is 19.3 Å². The van der Waals surface area contributed by atoms with Gasteiger partial charge in [0.05, 0.1) is 11.4 Å².